The number of allylic oxidation sites excluding steroid dienone is 1. The van der Waals surface area contributed by atoms with E-state index in [0.29, 0.717) is 11.3 Å². The number of hydrogen-bond acceptors (Lipinski definition) is 3. The summed E-state index contributed by atoms with van der Waals surface area (Å²) >= 11 is 0. The van der Waals surface area contributed by atoms with E-state index < -0.39 is 0 Å². The number of nitrogens with one attached hydrogen (secondary N) is 1. The number of carbonyl (C=O) groups excluding carboxylic acids is 1. The maximum absolute atomic E-state index is 13.5. The van der Waals surface area contributed by atoms with E-state index in [2.05, 4.69) is 25.2 Å². The summed E-state index contributed by atoms with van der Waals surface area (Å²) in [6.45, 7) is 4.74. The summed E-state index contributed by atoms with van der Waals surface area (Å²) < 4.78 is 5.30. The summed E-state index contributed by atoms with van der Waals surface area (Å²) in [5, 5.41) is 3.67. The molecule has 4 aliphatic rings. The molecule has 1 amide bonds. The molecule has 1 N–H and O–H groups in total. The Hall–Kier alpha value is -2.75. The monoisotopic (exact) mass is 374 g/mol. The Kier molecular flexibility index (Phi) is 3.80. The van der Waals surface area contributed by atoms with E-state index in [-0.39, 0.29) is 12.1 Å². The van der Waals surface area contributed by atoms with E-state index in [0.717, 1.165) is 35.0 Å². The number of methoxy groups -OCH3 is 1. The molecule has 6 rings (SSSR count). The molecular formula is C24H26N2O2. The van der Waals surface area contributed by atoms with Gasteiger partial charge in [0.15, 0.2) is 0 Å². The molecule has 0 unspecified atom stereocenters. The van der Waals surface area contributed by atoms with Gasteiger partial charge in [0.05, 0.1) is 12.7 Å². The van der Waals surface area contributed by atoms with Gasteiger partial charge in [0.2, 0.25) is 0 Å². The van der Waals surface area contributed by atoms with Crippen molar-refractivity contribution in [1.82, 2.24) is 0 Å². The van der Waals surface area contributed by atoms with Crippen LogP contribution in [0.1, 0.15) is 37.0 Å². The van der Waals surface area contributed by atoms with E-state index in [1.165, 1.54) is 12.0 Å². The first kappa shape index (κ1) is 17.4. The van der Waals surface area contributed by atoms with Crippen molar-refractivity contribution in [2.45, 2.75) is 32.9 Å². The Bertz CT molecular complexity index is 961. The maximum Gasteiger partial charge on any atom is 0.262 e. The third-order valence-corrected chi connectivity index (χ3v) is 7.10. The maximum atomic E-state index is 13.5. The summed E-state index contributed by atoms with van der Waals surface area (Å²) in [6, 6.07) is 15.6. The highest BCUT2D eigenvalue weighted by Crippen LogP contribution is 2.60. The molecule has 3 atom stereocenters. The van der Waals surface area contributed by atoms with Crippen molar-refractivity contribution in [2.24, 2.45) is 17.3 Å². The lowest BCUT2D eigenvalue weighted by molar-refractivity contribution is -0.00924. The standard InChI is InChI=1S/C24H26N2O2/c1-24(2)15-8-13-18(20(24)14-15)22-25-21-7-5-4-6-19(21)23(27)26(22)16-9-11-17(28-3)12-10-16/h4-7,9-13,15,20,22,25H,8,14H2,1-3H3/t15-,20+,22-/m0/s1. The van der Waals surface area contributed by atoms with Gasteiger partial charge in [-0.2, -0.15) is 0 Å². The zero-order valence-corrected chi connectivity index (χ0v) is 16.6. The fraction of sp³-hybridized carbons (Fsp3) is 0.375. The lowest BCUT2D eigenvalue weighted by Gasteiger charge is -2.58. The third-order valence-electron chi connectivity index (χ3n) is 7.10. The fourth-order valence-corrected chi connectivity index (χ4v) is 5.20. The quantitative estimate of drug-likeness (QED) is 0.761. The van der Waals surface area contributed by atoms with Crippen LogP contribution in [0.2, 0.25) is 0 Å². The van der Waals surface area contributed by atoms with Crippen LogP contribution < -0.4 is 15.0 Å². The highest BCUT2D eigenvalue weighted by molar-refractivity contribution is 6.12. The lowest BCUT2D eigenvalue weighted by atomic mass is 9.48. The number of rotatable bonds is 3. The van der Waals surface area contributed by atoms with E-state index in [1.807, 2.05) is 53.4 Å². The smallest absolute Gasteiger partial charge is 0.262 e. The van der Waals surface area contributed by atoms with Crippen LogP contribution >= 0.6 is 0 Å². The first-order chi connectivity index (χ1) is 13.5. The van der Waals surface area contributed by atoms with Gasteiger partial charge in [-0.25, -0.2) is 0 Å². The largest absolute Gasteiger partial charge is 0.497 e. The molecule has 1 saturated carbocycles. The molecule has 2 bridgehead atoms. The van der Waals surface area contributed by atoms with Crippen molar-refractivity contribution >= 4 is 17.3 Å². The first-order valence-corrected chi connectivity index (χ1v) is 10.0. The second kappa shape index (κ2) is 6.13. The topological polar surface area (TPSA) is 41.6 Å². The average Bonchev–Trinajstić information content (AvgIpc) is 2.73. The van der Waals surface area contributed by atoms with Gasteiger partial charge in [-0.15, -0.1) is 0 Å². The molecule has 1 fully saturated rings. The second-order valence-electron chi connectivity index (χ2n) is 8.71. The lowest BCUT2D eigenvalue weighted by Crippen LogP contribution is -2.57. The molecule has 28 heavy (non-hydrogen) atoms. The van der Waals surface area contributed by atoms with Crippen LogP contribution in [0.25, 0.3) is 0 Å². The molecule has 0 aromatic heterocycles. The summed E-state index contributed by atoms with van der Waals surface area (Å²) in [5.41, 5.74) is 4.18. The number of ether oxygens (including phenoxy) is 1. The molecule has 0 spiro atoms. The first-order valence-electron chi connectivity index (χ1n) is 10.0. The molecule has 1 heterocycles. The summed E-state index contributed by atoms with van der Waals surface area (Å²) in [7, 11) is 1.66. The van der Waals surface area contributed by atoms with E-state index >= 15 is 0 Å². The molecule has 4 heteroatoms. The predicted molar refractivity (Wildman–Crippen MR) is 112 cm³/mol. The number of nitrogens with zero attached hydrogens (tertiary/aromatic N) is 1. The number of anilines is 2. The van der Waals surface area contributed by atoms with E-state index in [4.69, 9.17) is 4.74 Å². The zero-order valence-electron chi connectivity index (χ0n) is 16.6. The normalized spacial score (nSPS) is 27.2. The van der Waals surface area contributed by atoms with Gasteiger partial charge in [0.1, 0.15) is 11.9 Å². The molecule has 144 valence electrons. The molecule has 2 aromatic carbocycles. The third kappa shape index (κ3) is 2.40. The number of hydrogen-bond donors (Lipinski definition) is 1. The number of amides is 1. The van der Waals surface area contributed by atoms with Crippen LogP contribution in [-0.4, -0.2) is 19.2 Å². The van der Waals surface area contributed by atoms with E-state index in [1.54, 1.807) is 7.11 Å². The Labute approximate surface area is 166 Å². The molecule has 1 aliphatic heterocycles. The van der Waals surface area contributed by atoms with Gasteiger partial charge in [-0.3, -0.25) is 9.69 Å². The molecule has 4 nitrogen and oxygen atoms in total. The Morgan fingerprint density at radius 3 is 2.54 bits per heavy atom. The Balaban J connectivity index is 1.60. The van der Waals surface area contributed by atoms with Gasteiger partial charge in [-0.1, -0.05) is 32.1 Å². The minimum atomic E-state index is -0.152. The van der Waals surface area contributed by atoms with Crippen LogP contribution in [0.5, 0.6) is 5.75 Å². The van der Waals surface area contributed by atoms with Crippen LogP contribution in [0, 0.1) is 17.3 Å². The molecule has 0 radical (unpaired) electrons. The Morgan fingerprint density at radius 2 is 1.86 bits per heavy atom. The predicted octanol–water partition coefficient (Wildman–Crippen LogP) is 5.09. The second-order valence-corrected chi connectivity index (χ2v) is 8.71. The number of fused-ring (bicyclic) bond motifs is 2. The highest BCUT2D eigenvalue weighted by Gasteiger charge is 2.54. The fourth-order valence-electron chi connectivity index (χ4n) is 5.20. The highest BCUT2D eigenvalue weighted by atomic mass is 16.5. The van der Waals surface area contributed by atoms with Crippen LogP contribution in [0.3, 0.4) is 0 Å². The van der Waals surface area contributed by atoms with Crippen LogP contribution in [-0.2, 0) is 0 Å². The average molecular weight is 374 g/mol. The summed E-state index contributed by atoms with van der Waals surface area (Å²) in [5.74, 6) is 2.12. The van der Waals surface area contributed by atoms with E-state index in [9.17, 15) is 4.79 Å². The van der Waals surface area contributed by atoms with Crippen molar-refractivity contribution in [3.8, 4) is 5.75 Å². The van der Waals surface area contributed by atoms with Gasteiger partial charge in [0.25, 0.3) is 5.91 Å². The van der Waals surface area contributed by atoms with Crippen LogP contribution in [0.4, 0.5) is 11.4 Å². The van der Waals surface area contributed by atoms with Gasteiger partial charge >= 0.3 is 0 Å². The van der Waals surface area contributed by atoms with Gasteiger partial charge in [0, 0.05) is 11.4 Å². The van der Waals surface area contributed by atoms with Crippen molar-refractivity contribution in [3.63, 3.8) is 0 Å². The number of para-hydroxylation sites is 1. The summed E-state index contributed by atoms with van der Waals surface area (Å²) in [6.07, 6.45) is 4.55. The number of carbonyl (C=O) groups is 1. The molecule has 3 aliphatic carbocycles. The van der Waals surface area contributed by atoms with Crippen molar-refractivity contribution in [2.75, 3.05) is 17.3 Å². The van der Waals surface area contributed by atoms with Crippen LogP contribution in [0.15, 0.2) is 60.2 Å². The minimum absolute atomic E-state index is 0.0460. The molecule has 2 aromatic rings. The van der Waals surface area contributed by atoms with Gasteiger partial charge < -0.3 is 10.1 Å². The molecular weight excluding hydrogens is 348 g/mol. The zero-order chi connectivity index (χ0) is 19.5. The molecule has 0 saturated heterocycles. The summed E-state index contributed by atoms with van der Waals surface area (Å²) in [4.78, 5) is 15.5. The van der Waals surface area contributed by atoms with Gasteiger partial charge in [-0.05, 0) is 72.1 Å². The minimum Gasteiger partial charge on any atom is -0.497 e. The number of benzene rings is 2. The van der Waals surface area contributed by atoms with Crippen molar-refractivity contribution < 1.29 is 9.53 Å². The SMILES string of the molecule is COc1ccc(N2C(=O)c3ccccc3N[C@@H]2C2=CC[C@H]3C[C@H]2C3(C)C)cc1. The Morgan fingerprint density at radius 1 is 1.11 bits per heavy atom. The van der Waals surface area contributed by atoms with Crippen molar-refractivity contribution in [3.05, 3.63) is 65.7 Å². The van der Waals surface area contributed by atoms with Crippen molar-refractivity contribution in [1.29, 1.82) is 0 Å².